The van der Waals surface area contributed by atoms with E-state index < -0.39 is 0 Å². The van der Waals surface area contributed by atoms with E-state index in [-0.39, 0.29) is 5.56 Å². The topological polar surface area (TPSA) is 62.8 Å². The number of carbonyl (C=O) groups is 1. The number of carbonyl (C=O) groups excluding carboxylic acids is 1. The van der Waals surface area contributed by atoms with Gasteiger partial charge in [0, 0.05) is 18.4 Å². The van der Waals surface area contributed by atoms with Crippen LogP contribution >= 0.6 is 0 Å². The summed E-state index contributed by atoms with van der Waals surface area (Å²) in [5.41, 5.74) is 1.91. The Hall–Kier alpha value is -1.45. The van der Waals surface area contributed by atoms with E-state index in [2.05, 4.69) is 10.2 Å². The fourth-order valence-corrected chi connectivity index (χ4v) is 3.67. The number of aromatic nitrogens is 2. The van der Waals surface area contributed by atoms with Gasteiger partial charge < -0.3 is 0 Å². The van der Waals surface area contributed by atoms with Gasteiger partial charge in [-0.1, -0.05) is 19.3 Å². The van der Waals surface area contributed by atoms with Crippen LogP contribution in [-0.4, -0.2) is 16.0 Å². The molecule has 1 N–H and O–H groups in total. The first-order chi connectivity index (χ1) is 9.72. The molecule has 0 amide bonds. The average Bonchev–Trinajstić information content (AvgIpc) is 2.47. The second-order valence-electron chi connectivity index (χ2n) is 6.32. The fourth-order valence-electron chi connectivity index (χ4n) is 3.67. The Morgan fingerprint density at radius 3 is 2.85 bits per heavy atom. The summed E-state index contributed by atoms with van der Waals surface area (Å²) in [4.78, 5) is 23.7. The van der Waals surface area contributed by atoms with E-state index in [0.29, 0.717) is 24.0 Å². The maximum absolute atomic E-state index is 12.4. The molecule has 1 saturated carbocycles. The average molecular weight is 274 g/mol. The number of aromatic amines is 1. The second kappa shape index (κ2) is 5.90. The molecule has 1 aromatic rings. The zero-order valence-electron chi connectivity index (χ0n) is 11.9. The van der Waals surface area contributed by atoms with Crippen LogP contribution in [0, 0.1) is 11.8 Å². The van der Waals surface area contributed by atoms with Gasteiger partial charge in [0.1, 0.15) is 5.78 Å². The van der Waals surface area contributed by atoms with Crippen molar-refractivity contribution >= 4 is 5.78 Å². The van der Waals surface area contributed by atoms with E-state index in [1.165, 1.54) is 19.3 Å². The lowest BCUT2D eigenvalue weighted by molar-refractivity contribution is -0.124. The zero-order valence-corrected chi connectivity index (χ0v) is 11.9. The minimum absolute atomic E-state index is 0.136. The van der Waals surface area contributed by atoms with E-state index in [9.17, 15) is 9.59 Å². The summed E-state index contributed by atoms with van der Waals surface area (Å²) in [5, 5.41) is 6.59. The van der Waals surface area contributed by atoms with Gasteiger partial charge in [-0.15, -0.1) is 0 Å². The number of nitrogens with zero attached hydrogens (tertiary/aromatic N) is 1. The van der Waals surface area contributed by atoms with Crippen molar-refractivity contribution in [2.45, 2.75) is 57.8 Å². The van der Waals surface area contributed by atoms with E-state index >= 15 is 0 Å². The largest absolute Gasteiger partial charge is 0.299 e. The molecular weight excluding hydrogens is 252 g/mol. The standard InChI is InChI=1S/C16H22N2O2/c19-15(12-4-2-1-3-5-12)9-11-6-7-14-13(8-11)10-16(20)18-17-14/h10-12H,1-9H2,(H,18,20). The fraction of sp³-hybridized carbons (Fsp3) is 0.688. The maximum Gasteiger partial charge on any atom is 0.264 e. The summed E-state index contributed by atoms with van der Waals surface area (Å²) in [6, 6.07) is 1.65. The molecule has 4 heteroatoms. The number of Topliss-reactive ketones (excluding diaryl/α,β-unsaturated/α-hetero) is 1. The van der Waals surface area contributed by atoms with Crippen molar-refractivity contribution in [2.24, 2.45) is 11.8 Å². The predicted molar refractivity (Wildman–Crippen MR) is 76.6 cm³/mol. The lowest BCUT2D eigenvalue weighted by atomic mass is 9.79. The molecule has 1 aromatic heterocycles. The van der Waals surface area contributed by atoms with E-state index in [4.69, 9.17) is 0 Å². The molecule has 4 nitrogen and oxygen atoms in total. The molecule has 0 spiro atoms. The Morgan fingerprint density at radius 2 is 2.05 bits per heavy atom. The molecule has 108 valence electrons. The van der Waals surface area contributed by atoms with Gasteiger partial charge in [0.05, 0.1) is 5.69 Å². The first-order valence-corrected chi connectivity index (χ1v) is 7.82. The van der Waals surface area contributed by atoms with Crippen molar-refractivity contribution in [1.82, 2.24) is 10.2 Å². The highest BCUT2D eigenvalue weighted by Gasteiger charge is 2.26. The number of fused-ring (bicyclic) bond motifs is 1. The summed E-state index contributed by atoms with van der Waals surface area (Å²) < 4.78 is 0. The van der Waals surface area contributed by atoms with Crippen molar-refractivity contribution in [1.29, 1.82) is 0 Å². The van der Waals surface area contributed by atoms with Gasteiger partial charge in [0.15, 0.2) is 0 Å². The Bertz CT molecular complexity index is 544. The molecule has 1 heterocycles. The van der Waals surface area contributed by atoms with Gasteiger partial charge in [-0.05, 0) is 43.6 Å². The molecule has 1 fully saturated rings. The number of nitrogens with one attached hydrogen (secondary N) is 1. The third-order valence-electron chi connectivity index (χ3n) is 4.83. The van der Waals surface area contributed by atoms with Crippen molar-refractivity contribution in [3.8, 4) is 0 Å². The minimum atomic E-state index is -0.136. The van der Waals surface area contributed by atoms with Crippen LogP contribution in [0.25, 0.3) is 0 Å². The van der Waals surface area contributed by atoms with Gasteiger partial charge in [0.25, 0.3) is 5.56 Å². The summed E-state index contributed by atoms with van der Waals surface area (Å²) in [6.45, 7) is 0. The van der Waals surface area contributed by atoms with Gasteiger partial charge in [-0.25, -0.2) is 5.10 Å². The Kier molecular flexibility index (Phi) is 3.99. The highest BCUT2D eigenvalue weighted by Crippen LogP contribution is 2.30. The van der Waals surface area contributed by atoms with Crippen molar-refractivity contribution in [3.63, 3.8) is 0 Å². The second-order valence-corrected chi connectivity index (χ2v) is 6.32. The monoisotopic (exact) mass is 274 g/mol. The molecular formula is C16H22N2O2. The molecule has 3 rings (SSSR count). The van der Waals surface area contributed by atoms with Gasteiger partial charge in [-0.3, -0.25) is 9.59 Å². The predicted octanol–water partition coefficient (Wildman–Crippen LogP) is 2.41. The number of ketones is 1. The van der Waals surface area contributed by atoms with Gasteiger partial charge in [-0.2, -0.15) is 5.10 Å². The first kappa shape index (κ1) is 13.5. The molecule has 0 aromatic carbocycles. The van der Waals surface area contributed by atoms with Crippen LogP contribution in [0.2, 0.25) is 0 Å². The SMILES string of the molecule is O=C(CC1CCc2n[nH]c(=O)cc2C1)C1CCCCC1. The molecule has 2 aliphatic rings. The number of hydrogen-bond acceptors (Lipinski definition) is 3. The highest BCUT2D eigenvalue weighted by atomic mass is 16.1. The van der Waals surface area contributed by atoms with Crippen LogP contribution < -0.4 is 5.56 Å². The number of rotatable bonds is 3. The summed E-state index contributed by atoms with van der Waals surface area (Å²) in [7, 11) is 0. The Morgan fingerprint density at radius 1 is 1.25 bits per heavy atom. The number of H-pyrrole nitrogens is 1. The highest BCUT2D eigenvalue weighted by molar-refractivity contribution is 5.81. The number of hydrogen-bond donors (Lipinski definition) is 1. The molecule has 1 atom stereocenters. The molecule has 0 aliphatic heterocycles. The summed E-state index contributed by atoms with van der Waals surface area (Å²) in [5.74, 6) is 1.17. The summed E-state index contributed by atoms with van der Waals surface area (Å²) >= 11 is 0. The summed E-state index contributed by atoms with van der Waals surface area (Å²) in [6.07, 6.45) is 9.31. The van der Waals surface area contributed by atoms with Crippen molar-refractivity contribution in [3.05, 3.63) is 27.7 Å². The van der Waals surface area contributed by atoms with Gasteiger partial charge in [0.2, 0.25) is 0 Å². The van der Waals surface area contributed by atoms with E-state index in [0.717, 1.165) is 43.4 Å². The first-order valence-electron chi connectivity index (χ1n) is 7.82. The molecule has 0 bridgehead atoms. The van der Waals surface area contributed by atoms with Crippen LogP contribution in [0.4, 0.5) is 0 Å². The van der Waals surface area contributed by atoms with Crippen LogP contribution in [0.5, 0.6) is 0 Å². The molecule has 20 heavy (non-hydrogen) atoms. The van der Waals surface area contributed by atoms with Gasteiger partial charge >= 0.3 is 0 Å². The van der Waals surface area contributed by atoms with E-state index in [1.807, 2.05) is 0 Å². The Labute approximate surface area is 119 Å². The lowest BCUT2D eigenvalue weighted by Gasteiger charge is -2.26. The van der Waals surface area contributed by atoms with Crippen LogP contribution in [0.15, 0.2) is 10.9 Å². The van der Waals surface area contributed by atoms with Crippen molar-refractivity contribution in [2.75, 3.05) is 0 Å². The molecule has 0 radical (unpaired) electrons. The van der Waals surface area contributed by atoms with Crippen LogP contribution in [0.3, 0.4) is 0 Å². The Balaban J connectivity index is 1.62. The molecule has 2 aliphatic carbocycles. The van der Waals surface area contributed by atoms with Crippen LogP contribution in [-0.2, 0) is 17.6 Å². The molecule has 0 saturated heterocycles. The third kappa shape index (κ3) is 3.00. The lowest BCUT2D eigenvalue weighted by Crippen LogP contribution is -2.25. The quantitative estimate of drug-likeness (QED) is 0.920. The van der Waals surface area contributed by atoms with E-state index in [1.54, 1.807) is 6.07 Å². The third-order valence-corrected chi connectivity index (χ3v) is 4.83. The molecule has 1 unspecified atom stereocenters. The van der Waals surface area contributed by atoms with Crippen LogP contribution in [0.1, 0.15) is 56.2 Å². The number of aryl methyl sites for hydroxylation is 1. The normalized spacial score (nSPS) is 23.3. The van der Waals surface area contributed by atoms with Crippen molar-refractivity contribution < 1.29 is 4.79 Å². The maximum atomic E-state index is 12.4. The smallest absolute Gasteiger partial charge is 0.264 e. The minimum Gasteiger partial charge on any atom is -0.299 e. The zero-order chi connectivity index (χ0) is 13.9.